The molecule has 0 saturated heterocycles. The van der Waals surface area contributed by atoms with Gasteiger partial charge in [0.25, 0.3) is 0 Å². The number of fused-ring (bicyclic) bond motifs is 3. The fourth-order valence-electron chi connectivity index (χ4n) is 3.03. The molecule has 1 N–H and O–H groups in total. The van der Waals surface area contributed by atoms with Crippen molar-refractivity contribution in [3.8, 4) is 0 Å². The van der Waals surface area contributed by atoms with E-state index in [1.54, 1.807) is 6.08 Å². The molecule has 0 unspecified atom stereocenters. The number of hydrogen-bond donors (Lipinski definition) is 1. The van der Waals surface area contributed by atoms with Gasteiger partial charge in [-0.25, -0.2) is 0 Å². The summed E-state index contributed by atoms with van der Waals surface area (Å²) in [5.74, 6) is 0.0467. The van der Waals surface area contributed by atoms with Crippen LogP contribution >= 0.6 is 22.9 Å². The van der Waals surface area contributed by atoms with Crippen molar-refractivity contribution in [2.24, 2.45) is 0 Å². The van der Waals surface area contributed by atoms with Crippen molar-refractivity contribution in [2.45, 2.75) is 13.0 Å². The zero-order chi connectivity index (χ0) is 15.8. The molecule has 1 aromatic carbocycles. The Morgan fingerprint density at radius 2 is 2.13 bits per heavy atom. The standard InChI is InChI=1S/C18H15ClN2OS/c19-17-7-5-12(23-17)6-8-18(22)21-10-9-16-14(11-21)13-3-1-2-4-15(13)20-16/h1-8,20H,9-11H2/b8-6+. The number of thiophene rings is 1. The van der Waals surface area contributed by atoms with Gasteiger partial charge in [-0.3, -0.25) is 4.79 Å². The van der Waals surface area contributed by atoms with Crippen molar-refractivity contribution < 1.29 is 4.79 Å². The Labute approximate surface area is 143 Å². The van der Waals surface area contributed by atoms with Crippen LogP contribution in [-0.2, 0) is 17.8 Å². The van der Waals surface area contributed by atoms with Crippen LogP contribution in [0.15, 0.2) is 42.5 Å². The van der Waals surface area contributed by atoms with Crippen LogP contribution in [0.5, 0.6) is 0 Å². The number of nitrogens with zero attached hydrogens (tertiary/aromatic N) is 1. The summed E-state index contributed by atoms with van der Waals surface area (Å²) in [6.45, 7) is 1.40. The number of carbonyl (C=O) groups excluding carboxylic acids is 1. The van der Waals surface area contributed by atoms with E-state index >= 15 is 0 Å². The van der Waals surface area contributed by atoms with Crippen LogP contribution < -0.4 is 0 Å². The fraction of sp³-hybridized carbons (Fsp3) is 0.167. The zero-order valence-corrected chi connectivity index (χ0v) is 14.0. The zero-order valence-electron chi connectivity index (χ0n) is 12.4. The highest BCUT2D eigenvalue weighted by atomic mass is 35.5. The Balaban J connectivity index is 1.55. The number of carbonyl (C=O) groups is 1. The van der Waals surface area contributed by atoms with Crippen molar-refractivity contribution in [2.75, 3.05) is 6.54 Å². The predicted octanol–water partition coefficient (Wildman–Crippen LogP) is 4.48. The predicted molar refractivity (Wildman–Crippen MR) is 95.8 cm³/mol. The summed E-state index contributed by atoms with van der Waals surface area (Å²) in [7, 11) is 0. The topological polar surface area (TPSA) is 36.1 Å². The van der Waals surface area contributed by atoms with Gasteiger partial charge in [0.1, 0.15) is 0 Å². The van der Waals surface area contributed by atoms with Crippen LogP contribution in [0.1, 0.15) is 16.1 Å². The van der Waals surface area contributed by atoms with Crippen LogP contribution in [0.25, 0.3) is 17.0 Å². The van der Waals surface area contributed by atoms with E-state index in [1.807, 2.05) is 35.2 Å². The minimum absolute atomic E-state index is 0.0467. The molecule has 0 fully saturated rings. The molecule has 3 nitrogen and oxygen atoms in total. The molecule has 0 aliphatic carbocycles. The second kappa shape index (κ2) is 5.87. The summed E-state index contributed by atoms with van der Waals surface area (Å²) < 4.78 is 0.735. The average Bonchev–Trinajstić information content (AvgIpc) is 3.15. The number of benzene rings is 1. The molecule has 0 bridgehead atoms. The van der Waals surface area contributed by atoms with Crippen LogP contribution in [0.4, 0.5) is 0 Å². The number of aromatic amines is 1. The maximum absolute atomic E-state index is 12.4. The van der Waals surface area contributed by atoms with E-state index in [9.17, 15) is 4.79 Å². The Morgan fingerprint density at radius 1 is 1.26 bits per heavy atom. The summed E-state index contributed by atoms with van der Waals surface area (Å²) in [5.41, 5.74) is 3.65. The third-order valence-electron chi connectivity index (χ3n) is 4.18. The number of aromatic nitrogens is 1. The molecule has 3 aromatic rings. The Morgan fingerprint density at radius 3 is 2.96 bits per heavy atom. The van der Waals surface area contributed by atoms with E-state index < -0.39 is 0 Å². The van der Waals surface area contributed by atoms with Gasteiger partial charge in [-0.2, -0.15) is 0 Å². The Hall–Kier alpha value is -2.04. The highest BCUT2D eigenvalue weighted by Gasteiger charge is 2.22. The number of hydrogen-bond acceptors (Lipinski definition) is 2. The first-order valence-corrected chi connectivity index (χ1v) is 8.71. The molecule has 116 valence electrons. The van der Waals surface area contributed by atoms with Crippen molar-refractivity contribution in [3.63, 3.8) is 0 Å². The summed E-state index contributed by atoms with van der Waals surface area (Å²) in [4.78, 5) is 18.8. The SMILES string of the molecule is O=C(/C=C/c1ccc(Cl)s1)N1CCc2[nH]c3ccccc3c2C1. The lowest BCUT2D eigenvalue weighted by atomic mass is 10.0. The smallest absolute Gasteiger partial charge is 0.246 e. The molecular weight excluding hydrogens is 328 g/mol. The molecule has 0 atom stereocenters. The highest BCUT2D eigenvalue weighted by molar-refractivity contribution is 7.17. The van der Waals surface area contributed by atoms with Gasteiger partial charge in [0.05, 0.1) is 4.34 Å². The van der Waals surface area contributed by atoms with E-state index in [-0.39, 0.29) is 5.91 Å². The molecule has 1 aliphatic rings. The molecule has 2 aromatic heterocycles. The van der Waals surface area contributed by atoms with E-state index in [4.69, 9.17) is 11.6 Å². The van der Waals surface area contributed by atoms with E-state index in [2.05, 4.69) is 17.1 Å². The van der Waals surface area contributed by atoms with Gasteiger partial charge in [0, 0.05) is 52.6 Å². The minimum Gasteiger partial charge on any atom is -0.358 e. The summed E-state index contributed by atoms with van der Waals surface area (Å²) in [5, 5.41) is 1.22. The molecule has 0 saturated carbocycles. The van der Waals surface area contributed by atoms with Crippen molar-refractivity contribution in [1.82, 2.24) is 9.88 Å². The first-order valence-electron chi connectivity index (χ1n) is 7.51. The normalized spacial score (nSPS) is 14.6. The monoisotopic (exact) mass is 342 g/mol. The maximum Gasteiger partial charge on any atom is 0.246 e. The lowest BCUT2D eigenvalue weighted by Gasteiger charge is -2.26. The lowest BCUT2D eigenvalue weighted by molar-refractivity contribution is -0.126. The second-order valence-corrected chi connectivity index (χ2v) is 7.36. The largest absolute Gasteiger partial charge is 0.358 e. The molecule has 4 rings (SSSR count). The van der Waals surface area contributed by atoms with Gasteiger partial charge in [-0.15, -0.1) is 11.3 Å². The molecule has 3 heterocycles. The van der Waals surface area contributed by atoms with Crippen LogP contribution in [0, 0.1) is 0 Å². The number of H-pyrrole nitrogens is 1. The average molecular weight is 343 g/mol. The van der Waals surface area contributed by atoms with E-state index in [1.165, 1.54) is 28.0 Å². The maximum atomic E-state index is 12.4. The van der Waals surface area contributed by atoms with Crippen molar-refractivity contribution >= 4 is 45.8 Å². The van der Waals surface area contributed by atoms with Crippen molar-refractivity contribution in [3.05, 3.63) is 62.9 Å². The molecule has 1 amide bonds. The van der Waals surface area contributed by atoms with Gasteiger partial charge in [-0.1, -0.05) is 29.8 Å². The number of para-hydroxylation sites is 1. The summed E-state index contributed by atoms with van der Waals surface area (Å²) in [6.07, 6.45) is 4.35. The van der Waals surface area contributed by atoms with Crippen LogP contribution in [-0.4, -0.2) is 22.3 Å². The first-order chi connectivity index (χ1) is 11.2. The number of halogens is 1. The quantitative estimate of drug-likeness (QED) is 0.685. The molecule has 1 aliphatic heterocycles. The number of rotatable bonds is 2. The number of nitrogens with one attached hydrogen (secondary N) is 1. The molecule has 0 radical (unpaired) electrons. The van der Waals surface area contributed by atoms with Gasteiger partial charge in [-0.05, 0) is 24.3 Å². The van der Waals surface area contributed by atoms with Crippen LogP contribution in [0.3, 0.4) is 0 Å². The number of amides is 1. The first kappa shape index (κ1) is 14.5. The van der Waals surface area contributed by atoms with Gasteiger partial charge in [0.15, 0.2) is 0 Å². The lowest BCUT2D eigenvalue weighted by Crippen LogP contribution is -2.34. The fourth-order valence-corrected chi connectivity index (χ4v) is 3.99. The molecular formula is C18H15ClN2OS. The minimum atomic E-state index is 0.0467. The van der Waals surface area contributed by atoms with Gasteiger partial charge < -0.3 is 9.88 Å². The van der Waals surface area contributed by atoms with Crippen molar-refractivity contribution in [1.29, 1.82) is 0 Å². The summed E-state index contributed by atoms with van der Waals surface area (Å²) >= 11 is 7.38. The molecule has 5 heteroatoms. The summed E-state index contributed by atoms with van der Waals surface area (Å²) in [6, 6.07) is 12.0. The third-order valence-corrected chi connectivity index (χ3v) is 5.37. The van der Waals surface area contributed by atoms with E-state index in [0.717, 1.165) is 27.7 Å². The Kier molecular flexibility index (Phi) is 3.71. The van der Waals surface area contributed by atoms with Gasteiger partial charge >= 0.3 is 0 Å². The molecule has 23 heavy (non-hydrogen) atoms. The third kappa shape index (κ3) is 2.80. The second-order valence-electron chi connectivity index (χ2n) is 5.61. The van der Waals surface area contributed by atoms with Crippen LogP contribution in [0.2, 0.25) is 4.34 Å². The highest BCUT2D eigenvalue weighted by Crippen LogP contribution is 2.28. The van der Waals surface area contributed by atoms with E-state index in [0.29, 0.717) is 6.54 Å². The van der Waals surface area contributed by atoms with Gasteiger partial charge in [0.2, 0.25) is 5.91 Å². The Bertz CT molecular complexity index is 909. The molecule has 0 spiro atoms.